The summed E-state index contributed by atoms with van der Waals surface area (Å²) in [4.78, 5) is 32.9. The maximum absolute atomic E-state index is 14.4. The van der Waals surface area contributed by atoms with Crippen LogP contribution in [0, 0.1) is 47.0 Å². The molecular weight excluding hydrogens is 472 g/mol. The van der Waals surface area contributed by atoms with Crippen LogP contribution in [-0.2, 0) is 9.59 Å². The highest BCUT2D eigenvalue weighted by molar-refractivity contribution is 6.92. The molecule has 37 heavy (non-hydrogen) atoms. The third-order valence-electron chi connectivity index (χ3n) is 7.91. The fourth-order valence-electron chi connectivity index (χ4n) is 6.25. The van der Waals surface area contributed by atoms with E-state index in [4.69, 9.17) is 0 Å². The number of rotatable bonds is 4. The third-order valence-corrected chi connectivity index (χ3v) is 11.5. The summed E-state index contributed by atoms with van der Waals surface area (Å²) in [5.74, 6) is -0.691. The second-order valence-electron chi connectivity index (χ2n) is 11.9. The number of anilines is 2. The highest BCUT2D eigenvalue weighted by Crippen LogP contribution is 2.44. The Hall–Kier alpha value is -3.18. The van der Waals surface area contributed by atoms with Crippen molar-refractivity contribution in [2.45, 2.75) is 74.3 Å². The summed E-state index contributed by atoms with van der Waals surface area (Å²) >= 11 is 0. The van der Waals surface area contributed by atoms with Gasteiger partial charge in [-0.15, -0.1) is 0 Å². The van der Waals surface area contributed by atoms with Crippen molar-refractivity contribution in [3.63, 3.8) is 0 Å². The largest absolute Gasteiger partial charge is 0.292 e. The molecule has 1 aliphatic rings. The SMILES string of the molecule is Cc1cc(C)c(N2C(=O)C(C)(C)C(=O)N(c3c(C)cc(C)cc3C)C2[Si](C)(C)c2ccccc2)c(C)c1. The van der Waals surface area contributed by atoms with Crippen molar-refractivity contribution in [3.8, 4) is 0 Å². The van der Waals surface area contributed by atoms with Gasteiger partial charge in [-0.3, -0.25) is 19.4 Å². The molecule has 194 valence electrons. The number of hydrogen-bond acceptors (Lipinski definition) is 2. The van der Waals surface area contributed by atoms with Gasteiger partial charge in [-0.25, -0.2) is 0 Å². The van der Waals surface area contributed by atoms with Crippen LogP contribution in [0.1, 0.15) is 47.2 Å². The fraction of sp³-hybridized carbons (Fsp3) is 0.375. The van der Waals surface area contributed by atoms with Crippen molar-refractivity contribution in [2.24, 2.45) is 5.41 Å². The van der Waals surface area contributed by atoms with Gasteiger partial charge in [-0.2, -0.15) is 0 Å². The maximum Gasteiger partial charge on any atom is 0.243 e. The second-order valence-corrected chi connectivity index (χ2v) is 16.5. The van der Waals surface area contributed by atoms with E-state index in [2.05, 4.69) is 103 Å². The number of hydrogen-bond donors (Lipinski definition) is 0. The van der Waals surface area contributed by atoms with E-state index in [0.717, 1.165) is 44.8 Å². The van der Waals surface area contributed by atoms with E-state index in [1.54, 1.807) is 13.8 Å². The molecule has 1 fully saturated rings. The van der Waals surface area contributed by atoms with Crippen LogP contribution in [0.2, 0.25) is 13.1 Å². The average Bonchev–Trinajstić information content (AvgIpc) is 2.79. The van der Waals surface area contributed by atoms with Gasteiger partial charge in [0.05, 0.1) is 11.4 Å². The van der Waals surface area contributed by atoms with Gasteiger partial charge >= 0.3 is 0 Å². The summed E-state index contributed by atoms with van der Waals surface area (Å²) in [6, 6.07) is 19.0. The summed E-state index contributed by atoms with van der Waals surface area (Å²) in [6.07, 6.45) is 0. The predicted molar refractivity (Wildman–Crippen MR) is 157 cm³/mol. The van der Waals surface area contributed by atoms with Crippen molar-refractivity contribution in [1.82, 2.24) is 0 Å². The molecule has 0 bridgehead atoms. The zero-order valence-electron chi connectivity index (χ0n) is 24.0. The highest BCUT2D eigenvalue weighted by atomic mass is 28.3. The molecule has 3 aromatic carbocycles. The molecule has 0 radical (unpaired) electrons. The van der Waals surface area contributed by atoms with Gasteiger partial charge in [0.25, 0.3) is 0 Å². The lowest BCUT2D eigenvalue weighted by Gasteiger charge is -2.55. The number of benzene rings is 3. The number of nitrogens with zero attached hydrogens (tertiary/aromatic N) is 2. The molecule has 0 spiro atoms. The minimum absolute atomic E-state index is 0.132. The van der Waals surface area contributed by atoms with E-state index in [1.165, 1.54) is 5.19 Å². The summed E-state index contributed by atoms with van der Waals surface area (Å²) in [5, 5.41) is 1.21. The van der Waals surface area contributed by atoms with Gasteiger partial charge in [0.1, 0.15) is 19.3 Å². The first kappa shape index (κ1) is 26.9. The minimum atomic E-state index is -2.53. The van der Waals surface area contributed by atoms with Crippen molar-refractivity contribution in [3.05, 3.63) is 88.0 Å². The first-order chi connectivity index (χ1) is 17.2. The molecule has 0 aliphatic carbocycles. The number of carbonyl (C=O) groups is 2. The molecule has 3 aromatic rings. The second kappa shape index (κ2) is 9.28. The van der Waals surface area contributed by atoms with Crippen molar-refractivity contribution >= 4 is 36.4 Å². The summed E-state index contributed by atoms with van der Waals surface area (Å²) < 4.78 is 0. The Morgan fingerprint density at radius 3 is 1.35 bits per heavy atom. The Morgan fingerprint density at radius 2 is 1.00 bits per heavy atom. The average molecular weight is 513 g/mol. The van der Waals surface area contributed by atoms with Crippen LogP contribution >= 0.6 is 0 Å². The molecule has 0 N–H and O–H groups in total. The quantitative estimate of drug-likeness (QED) is 0.299. The Morgan fingerprint density at radius 1 is 0.649 bits per heavy atom. The van der Waals surface area contributed by atoms with Crippen LogP contribution in [0.5, 0.6) is 0 Å². The summed E-state index contributed by atoms with van der Waals surface area (Å²) in [6.45, 7) is 20.6. The summed E-state index contributed by atoms with van der Waals surface area (Å²) in [5.41, 5.74) is 7.17. The minimum Gasteiger partial charge on any atom is -0.292 e. The highest BCUT2D eigenvalue weighted by Gasteiger charge is 2.58. The molecular formula is C32H40N2O2Si. The number of amides is 2. The molecule has 1 heterocycles. The van der Waals surface area contributed by atoms with E-state index in [9.17, 15) is 9.59 Å². The molecule has 5 heteroatoms. The van der Waals surface area contributed by atoms with Gasteiger partial charge < -0.3 is 0 Å². The third kappa shape index (κ3) is 4.33. The Balaban J connectivity index is 2.12. The molecule has 0 atom stereocenters. The Labute approximate surface area is 223 Å². The monoisotopic (exact) mass is 512 g/mol. The Kier molecular flexibility index (Phi) is 6.74. The van der Waals surface area contributed by atoms with Gasteiger partial charge in [0, 0.05) is 0 Å². The van der Waals surface area contributed by atoms with Crippen molar-refractivity contribution in [2.75, 3.05) is 9.80 Å². The molecule has 1 aliphatic heterocycles. The van der Waals surface area contributed by atoms with E-state index < -0.39 is 19.3 Å². The molecule has 2 amide bonds. The predicted octanol–water partition coefficient (Wildman–Crippen LogP) is 6.42. The zero-order valence-corrected chi connectivity index (χ0v) is 25.0. The molecule has 1 saturated heterocycles. The number of aryl methyl sites for hydroxylation is 6. The zero-order chi connectivity index (χ0) is 27.4. The lowest BCUT2D eigenvalue weighted by molar-refractivity contribution is -0.141. The molecule has 0 aromatic heterocycles. The van der Waals surface area contributed by atoms with E-state index >= 15 is 0 Å². The lowest BCUT2D eigenvalue weighted by Crippen LogP contribution is -2.76. The van der Waals surface area contributed by atoms with E-state index in [0.29, 0.717) is 0 Å². The first-order valence-electron chi connectivity index (χ1n) is 13.1. The van der Waals surface area contributed by atoms with Crippen molar-refractivity contribution < 1.29 is 9.59 Å². The summed E-state index contributed by atoms with van der Waals surface area (Å²) in [7, 11) is -2.53. The number of carbonyl (C=O) groups excluding carboxylic acids is 2. The standard InChI is InChI=1S/C32H40N2O2Si/c1-20-16-22(3)27(23(4)17-20)33-29(35)32(7,8)30(36)34(28-24(5)18-21(2)19-25(28)6)31(33)37(9,10)26-14-12-11-13-15-26/h11-19,31H,1-10H3. The van der Waals surface area contributed by atoms with Crippen LogP contribution in [0.4, 0.5) is 11.4 Å². The topological polar surface area (TPSA) is 40.6 Å². The van der Waals surface area contributed by atoms with Crippen LogP contribution in [0.25, 0.3) is 0 Å². The van der Waals surface area contributed by atoms with Crippen LogP contribution in [-0.4, -0.2) is 25.7 Å². The van der Waals surface area contributed by atoms with Crippen molar-refractivity contribution in [1.29, 1.82) is 0 Å². The van der Waals surface area contributed by atoms with Gasteiger partial charge in [0.2, 0.25) is 11.8 Å². The smallest absolute Gasteiger partial charge is 0.243 e. The lowest BCUT2D eigenvalue weighted by atomic mass is 9.86. The molecule has 4 rings (SSSR count). The van der Waals surface area contributed by atoms with Gasteiger partial charge in [0.15, 0.2) is 0 Å². The maximum atomic E-state index is 14.4. The molecule has 0 unspecified atom stereocenters. The Bertz CT molecular complexity index is 1270. The van der Waals surface area contributed by atoms with E-state index in [-0.39, 0.29) is 11.8 Å². The molecule has 0 saturated carbocycles. The van der Waals surface area contributed by atoms with Crippen LogP contribution < -0.4 is 15.0 Å². The van der Waals surface area contributed by atoms with Crippen LogP contribution in [0.15, 0.2) is 54.6 Å². The normalized spacial score (nSPS) is 16.5. The van der Waals surface area contributed by atoms with Crippen LogP contribution in [0.3, 0.4) is 0 Å². The van der Waals surface area contributed by atoms with Gasteiger partial charge in [-0.1, -0.05) is 84.0 Å². The molecule has 4 nitrogen and oxygen atoms in total. The first-order valence-corrected chi connectivity index (χ1v) is 16.2. The fourth-order valence-corrected chi connectivity index (χ4v) is 9.38. The van der Waals surface area contributed by atoms with E-state index in [1.807, 2.05) is 15.9 Å². The van der Waals surface area contributed by atoms with Gasteiger partial charge in [-0.05, 0) is 77.6 Å².